The minimum atomic E-state index is -3.96. The standard InChI is InChI=1S/C7H8N2O6S2/c1-16(12,13)5-4(6(10)11)3-8-7(9-5)17(2,14)15/h3H,1-2H3,(H,10,11). The second-order valence-corrected chi connectivity index (χ2v) is 7.06. The normalized spacial score (nSPS) is 12.4. The van der Waals surface area contributed by atoms with Gasteiger partial charge >= 0.3 is 5.97 Å². The van der Waals surface area contributed by atoms with Gasteiger partial charge in [-0.05, 0) is 0 Å². The van der Waals surface area contributed by atoms with Crippen molar-refractivity contribution in [3.8, 4) is 0 Å². The average molecular weight is 280 g/mol. The van der Waals surface area contributed by atoms with Crippen molar-refractivity contribution < 1.29 is 26.7 Å². The van der Waals surface area contributed by atoms with E-state index >= 15 is 0 Å². The maximum absolute atomic E-state index is 11.3. The molecule has 0 aromatic carbocycles. The van der Waals surface area contributed by atoms with E-state index in [1.807, 2.05) is 0 Å². The van der Waals surface area contributed by atoms with Crippen LogP contribution in [0, 0.1) is 0 Å². The van der Waals surface area contributed by atoms with Gasteiger partial charge in [-0.25, -0.2) is 31.6 Å². The molecule has 0 bridgehead atoms. The fourth-order valence-corrected chi connectivity index (χ4v) is 2.31. The first-order chi connectivity index (χ1) is 7.53. The van der Waals surface area contributed by atoms with Crippen LogP contribution in [0.15, 0.2) is 16.4 Å². The van der Waals surface area contributed by atoms with Crippen molar-refractivity contribution in [2.45, 2.75) is 10.2 Å². The summed E-state index contributed by atoms with van der Waals surface area (Å²) in [7, 11) is -7.77. The minimum absolute atomic E-state index is 0.655. The topological polar surface area (TPSA) is 131 Å². The van der Waals surface area contributed by atoms with Crippen LogP contribution in [0.2, 0.25) is 0 Å². The van der Waals surface area contributed by atoms with Gasteiger partial charge in [-0.2, -0.15) is 0 Å². The minimum Gasteiger partial charge on any atom is -0.478 e. The van der Waals surface area contributed by atoms with Gasteiger partial charge in [0.2, 0.25) is 15.0 Å². The highest BCUT2D eigenvalue weighted by Gasteiger charge is 2.24. The van der Waals surface area contributed by atoms with E-state index in [0.717, 1.165) is 12.5 Å². The number of aromatic nitrogens is 2. The SMILES string of the molecule is CS(=O)(=O)c1ncc(C(=O)O)c(S(C)(=O)=O)n1. The van der Waals surface area contributed by atoms with Gasteiger partial charge in [-0.15, -0.1) is 0 Å². The smallest absolute Gasteiger partial charge is 0.340 e. The van der Waals surface area contributed by atoms with Gasteiger partial charge in [0, 0.05) is 18.7 Å². The molecule has 0 amide bonds. The Bertz CT molecular complexity index is 676. The molecule has 0 aliphatic carbocycles. The van der Waals surface area contributed by atoms with Crippen molar-refractivity contribution in [2.75, 3.05) is 12.5 Å². The fourth-order valence-electron chi connectivity index (χ4n) is 0.959. The van der Waals surface area contributed by atoms with Gasteiger partial charge in [0.1, 0.15) is 5.56 Å². The molecule has 1 aromatic rings. The Labute approximate surface area is 97.2 Å². The predicted molar refractivity (Wildman–Crippen MR) is 55.2 cm³/mol. The number of carboxylic acids is 1. The van der Waals surface area contributed by atoms with Crippen LogP contribution in [0.25, 0.3) is 0 Å². The number of carbonyl (C=O) groups is 1. The van der Waals surface area contributed by atoms with Gasteiger partial charge < -0.3 is 5.11 Å². The van der Waals surface area contributed by atoms with Crippen molar-refractivity contribution in [3.63, 3.8) is 0 Å². The number of aromatic carboxylic acids is 1. The third kappa shape index (κ3) is 2.97. The Hall–Kier alpha value is -1.55. The average Bonchev–Trinajstić information content (AvgIpc) is 2.14. The highest BCUT2D eigenvalue weighted by molar-refractivity contribution is 7.91. The largest absolute Gasteiger partial charge is 0.478 e. The third-order valence-corrected chi connectivity index (χ3v) is 3.52. The van der Waals surface area contributed by atoms with E-state index in [2.05, 4.69) is 9.97 Å². The number of sulfone groups is 2. The predicted octanol–water partition coefficient (Wildman–Crippen LogP) is -1.02. The van der Waals surface area contributed by atoms with E-state index in [0.29, 0.717) is 6.20 Å². The molecule has 1 aromatic heterocycles. The quantitative estimate of drug-likeness (QED) is 0.549. The highest BCUT2D eigenvalue weighted by atomic mass is 32.2. The molecule has 0 saturated heterocycles. The number of rotatable bonds is 3. The van der Waals surface area contributed by atoms with Gasteiger partial charge in [0.05, 0.1) is 0 Å². The molecular weight excluding hydrogens is 272 g/mol. The van der Waals surface area contributed by atoms with Crippen molar-refractivity contribution in [3.05, 3.63) is 11.8 Å². The summed E-state index contributed by atoms with van der Waals surface area (Å²) in [5.41, 5.74) is -0.667. The molecule has 10 heteroatoms. The third-order valence-electron chi connectivity index (χ3n) is 1.64. The zero-order valence-electron chi connectivity index (χ0n) is 8.78. The molecule has 0 fully saturated rings. The fraction of sp³-hybridized carbons (Fsp3) is 0.286. The maximum Gasteiger partial charge on any atom is 0.340 e. The molecule has 1 N–H and O–H groups in total. The Kier molecular flexibility index (Phi) is 3.21. The lowest BCUT2D eigenvalue weighted by atomic mass is 10.3. The molecular formula is C7H8N2O6S2. The molecule has 0 atom stereocenters. The van der Waals surface area contributed by atoms with Crippen LogP contribution in [0.4, 0.5) is 0 Å². The first-order valence-corrected chi connectivity index (χ1v) is 7.82. The van der Waals surface area contributed by atoms with Crippen LogP contribution in [0.1, 0.15) is 10.4 Å². The van der Waals surface area contributed by atoms with E-state index in [1.165, 1.54) is 0 Å². The molecule has 0 radical (unpaired) electrons. The lowest BCUT2D eigenvalue weighted by molar-refractivity contribution is 0.0690. The van der Waals surface area contributed by atoms with Crippen LogP contribution in [-0.4, -0.2) is 50.4 Å². The van der Waals surface area contributed by atoms with E-state index in [1.54, 1.807) is 0 Å². The molecule has 1 heterocycles. The van der Waals surface area contributed by atoms with Gasteiger partial charge in [0.15, 0.2) is 14.9 Å². The van der Waals surface area contributed by atoms with E-state index in [9.17, 15) is 21.6 Å². The van der Waals surface area contributed by atoms with Crippen molar-refractivity contribution >= 4 is 25.6 Å². The molecule has 0 unspecified atom stereocenters. The van der Waals surface area contributed by atoms with E-state index in [-0.39, 0.29) is 0 Å². The number of hydrogen-bond acceptors (Lipinski definition) is 7. The van der Waals surface area contributed by atoms with Crippen LogP contribution < -0.4 is 0 Å². The molecule has 17 heavy (non-hydrogen) atoms. The first kappa shape index (κ1) is 13.5. The lowest BCUT2D eigenvalue weighted by Gasteiger charge is -2.04. The summed E-state index contributed by atoms with van der Waals surface area (Å²) in [6, 6.07) is 0. The zero-order valence-corrected chi connectivity index (χ0v) is 10.4. The summed E-state index contributed by atoms with van der Waals surface area (Å²) in [5, 5.41) is 7.18. The van der Waals surface area contributed by atoms with Crippen LogP contribution >= 0.6 is 0 Å². The molecule has 94 valence electrons. The number of hydrogen-bond donors (Lipinski definition) is 1. The molecule has 0 saturated carbocycles. The maximum atomic E-state index is 11.3. The van der Waals surface area contributed by atoms with Gasteiger partial charge in [-0.1, -0.05) is 0 Å². The molecule has 0 aliphatic rings. The summed E-state index contributed by atoms with van der Waals surface area (Å²) in [6.07, 6.45) is 2.17. The second-order valence-electron chi connectivity index (χ2n) is 3.22. The van der Waals surface area contributed by atoms with Crippen molar-refractivity contribution in [1.82, 2.24) is 9.97 Å². The van der Waals surface area contributed by atoms with Crippen LogP contribution in [0.5, 0.6) is 0 Å². The lowest BCUT2D eigenvalue weighted by Crippen LogP contribution is -2.15. The molecule has 0 spiro atoms. The molecule has 1 rings (SSSR count). The monoisotopic (exact) mass is 280 g/mol. The van der Waals surface area contributed by atoms with E-state index < -0.39 is 41.4 Å². The van der Waals surface area contributed by atoms with Gasteiger partial charge in [-0.3, -0.25) is 0 Å². The Morgan fingerprint density at radius 1 is 1.18 bits per heavy atom. The van der Waals surface area contributed by atoms with Gasteiger partial charge in [0.25, 0.3) is 0 Å². The summed E-state index contributed by atoms with van der Waals surface area (Å²) in [6.45, 7) is 0. The Morgan fingerprint density at radius 3 is 2.06 bits per heavy atom. The van der Waals surface area contributed by atoms with Crippen LogP contribution in [0.3, 0.4) is 0 Å². The number of carboxylic acid groups (broad SMARTS) is 1. The summed E-state index contributed by atoms with van der Waals surface area (Å²) in [4.78, 5) is 17.3. The summed E-state index contributed by atoms with van der Waals surface area (Å²) < 4.78 is 44.8. The molecule has 0 aliphatic heterocycles. The van der Waals surface area contributed by atoms with Crippen molar-refractivity contribution in [2.24, 2.45) is 0 Å². The van der Waals surface area contributed by atoms with Crippen molar-refractivity contribution in [1.29, 1.82) is 0 Å². The number of nitrogens with zero attached hydrogens (tertiary/aromatic N) is 2. The Morgan fingerprint density at radius 2 is 1.71 bits per heavy atom. The first-order valence-electron chi connectivity index (χ1n) is 4.04. The second kappa shape index (κ2) is 4.04. The molecule has 8 nitrogen and oxygen atoms in total. The zero-order chi connectivity index (χ0) is 13.4. The van der Waals surface area contributed by atoms with E-state index in [4.69, 9.17) is 5.11 Å². The summed E-state index contributed by atoms with van der Waals surface area (Å²) in [5.74, 6) is -1.55. The van der Waals surface area contributed by atoms with Crippen LogP contribution in [-0.2, 0) is 19.7 Å². The highest BCUT2D eigenvalue weighted by Crippen LogP contribution is 2.14. The Balaban J connectivity index is 3.69. The summed E-state index contributed by atoms with van der Waals surface area (Å²) >= 11 is 0.